The summed E-state index contributed by atoms with van der Waals surface area (Å²) in [7, 11) is 0. The van der Waals surface area contributed by atoms with Crippen molar-refractivity contribution < 1.29 is 5.11 Å². The maximum Gasteiger partial charge on any atom is 0.260 e. The lowest BCUT2D eigenvalue weighted by molar-refractivity contribution is -0.00521. The van der Waals surface area contributed by atoms with Crippen LogP contribution in [0.4, 0.5) is 0 Å². The minimum absolute atomic E-state index is 0.156. The van der Waals surface area contributed by atoms with Crippen LogP contribution in [0.2, 0.25) is 5.02 Å². The molecule has 8 nitrogen and oxygen atoms in total. The number of pyridine rings is 1. The fraction of sp³-hybridized carbons (Fsp3) is 0.320. The number of halogens is 1. The van der Waals surface area contributed by atoms with Crippen molar-refractivity contribution >= 4 is 22.6 Å². The number of piperidine rings is 1. The molecule has 4 heterocycles. The van der Waals surface area contributed by atoms with Gasteiger partial charge in [-0.05, 0) is 51.9 Å². The van der Waals surface area contributed by atoms with Crippen LogP contribution in [0.1, 0.15) is 24.4 Å². The van der Waals surface area contributed by atoms with E-state index in [0.29, 0.717) is 64.6 Å². The van der Waals surface area contributed by atoms with Crippen LogP contribution in [0.25, 0.3) is 33.4 Å². The van der Waals surface area contributed by atoms with Crippen molar-refractivity contribution in [3.8, 4) is 22.4 Å². The topological polar surface area (TPSA) is 106 Å². The second-order valence-electron chi connectivity index (χ2n) is 8.86. The maximum absolute atomic E-state index is 13.8. The Morgan fingerprint density at radius 3 is 2.62 bits per heavy atom. The Kier molecular flexibility index (Phi) is 5.89. The van der Waals surface area contributed by atoms with Gasteiger partial charge in [-0.15, -0.1) is 0 Å². The van der Waals surface area contributed by atoms with Crippen LogP contribution in [-0.2, 0) is 6.54 Å². The van der Waals surface area contributed by atoms with Gasteiger partial charge in [-0.1, -0.05) is 23.7 Å². The predicted molar refractivity (Wildman–Crippen MR) is 132 cm³/mol. The second-order valence-corrected chi connectivity index (χ2v) is 9.27. The molecule has 3 aromatic heterocycles. The lowest BCUT2D eigenvalue weighted by Gasteiger charge is -2.33. The molecule has 0 spiro atoms. The van der Waals surface area contributed by atoms with Crippen molar-refractivity contribution in [3.63, 3.8) is 0 Å². The van der Waals surface area contributed by atoms with E-state index >= 15 is 0 Å². The molecule has 2 N–H and O–H groups in total. The van der Waals surface area contributed by atoms with Gasteiger partial charge < -0.3 is 10.4 Å². The zero-order valence-corrected chi connectivity index (χ0v) is 19.8. The van der Waals surface area contributed by atoms with Gasteiger partial charge in [0.1, 0.15) is 11.5 Å². The van der Waals surface area contributed by atoms with Gasteiger partial charge in [0, 0.05) is 39.5 Å². The Labute approximate surface area is 201 Å². The fourth-order valence-corrected chi connectivity index (χ4v) is 4.71. The number of aromatic nitrogens is 5. The van der Waals surface area contributed by atoms with E-state index in [0.717, 1.165) is 11.3 Å². The van der Waals surface area contributed by atoms with Crippen LogP contribution in [0, 0.1) is 13.8 Å². The van der Waals surface area contributed by atoms with E-state index in [-0.39, 0.29) is 12.1 Å². The number of benzene rings is 1. The molecule has 0 aliphatic carbocycles. The van der Waals surface area contributed by atoms with Crippen LogP contribution < -0.4 is 10.9 Å². The molecule has 0 bridgehead atoms. The van der Waals surface area contributed by atoms with Gasteiger partial charge in [-0.2, -0.15) is 0 Å². The largest absolute Gasteiger partial charge is 0.388 e. The van der Waals surface area contributed by atoms with Gasteiger partial charge in [-0.25, -0.2) is 15.0 Å². The van der Waals surface area contributed by atoms with Gasteiger partial charge >= 0.3 is 0 Å². The van der Waals surface area contributed by atoms with Crippen LogP contribution in [0.15, 0.2) is 47.7 Å². The molecule has 1 saturated heterocycles. The first kappa shape index (κ1) is 22.6. The van der Waals surface area contributed by atoms with E-state index in [1.807, 2.05) is 19.1 Å². The van der Waals surface area contributed by atoms with Crippen molar-refractivity contribution in [2.24, 2.45) is 0 Å². The minimum Gasteiger partial charge on any atom is -0.388 e. The van der Waals surface area contributed by atoms with E-state index in [2.05, 4.69) is 25.3 Å². The quantitative estimate of drug-likeness (QED) is 0.465. The summed E-state index contributed by atoms with van der Waals surface area (Å²) in [6, 6.07) is 7.27. The van der Waals surface area contributed by atoms with Crippen LogP contribution in [-0.4, -0.2) is 48.3 Å². The summed E-state index contributed by atoms with van der Waals surface area (Å²) in [6.07, 6.45) is 6.19. The molecule has 0 atom stereocenters. The first-order chi connectivity index (χ1) is 16.3. The average molecular weight is 477 g/mol. The lowest BCUT2D eigenvalue weighted by Crippen LogP contribution is -2.46. The third-order valence-corrected chi connectivity index (χ3v) is 6.56. The minimum atomic E-state index is -0.989. The molecule has 0 unspecified atom stereocenters. The normalized spacial score (nSPS) is 15.5. The van der Waals surface area contributed by atoms with Gasteiger partial charge in [-0.3, -0.25) is 14.3 Å². The van der Waals surface area contributed by atoms with Crippen molar-refractivity contribution in [1.82, 2.24) is 29.8 Å². The Morgan fingerprint density at radius 1 is 1.09 bits per heavy atom. The van der Waals surface area contributed by atoms with Crippen LogP contribution in [0.3, 0.4) is 0 Å². The SMILES string of the molecule is Cc1cncc(-c2ccc(-c3cc4cnc(C)nc4n(CC4(O)CCNCC4)c3=O)c(Cl)c2)n1. The first-order valence-corrected chi connectivity index (χ1v) is 11.6. The number of rotatable bonds is 4. The number of nitrogens with one attached hydrogen (secondary N) is 1. The van der Waals surface area contributed by atoms with Gasteiger partial charge in [0.05, 0.1) is 29.7 Å². The highest BCUT2D eigenvalue weighted by atomic mass is 35.5. The van der Waals surface area contributed by atoms with E-state index in [9.17, 15) is 9.90 Å². The molecular formula is C25H25ClN6O2. The zero-order valence-electron chi connectivity index (χ0n) is 19.0. The lowest BCUT2D eigenvalue weighted by atomic mass is 9.92. The smallest absolute Gasteiger partial charge is 0.260 e. The van der Waals surface area contributed by atoms with Crippen LogP contribution >= 0.6 is 11.6 Å². The molecule has 0 radical (unpaired) electrons. The molecule has 1 aliphatic heterocycles. The average Bonchev–Trinajstić information content (AvgIpc) is 2.82. The Balaban J connectivity index is 1.65. The number of hydrogen-bond acceptors (Lipinski definition) is 7. The highest BCUT2D eigenvalue weighted by Crippen LogP contribution is 2.32. The third kappa shape index (κ3) is 4.32. The summed E-state index contributed by atoms with van der Waals surface area (Å²) >= 11 is 6.69. The standard InChI is InChI=1S/C25H25ClN6O2/c1-15-11-28-13-22(30-15)17-3-4-19(21(26)10-17)20-9-18-12-29-16(2)31-23(18)32(24(20)33)14-25(34)5-7-27-8-6-25/h3-4,9-13,27,34H,5-8,14H2,1-2H3. The summed E-state index contributed by atoms with van der Waals surface area (Å²) in [6.45, 7) is 5.22. The summed E-state index contributed by atoms with van der Waals surface area (Å²) < 4.78 is 1.57. The second kappa shape index (κ2) is 8.87. The van der Waals surface area contributed by atoms with E-state index < -0.39 is 5.60 Å². The highest BCUT2D eigenvalue weighted by molar-refractivity contribution is 6.33. The van der Waals surface area contributed by atoms with Gasteiger partial charge in [0.25, 0.3) is 5.56 Å². The summed E-state index contributed by atoms with van der Waals surface area (Å²) in [4.78, 5) is 31.3. The monoisotopic (exact) mass is 476 g/mol. The zero-order chi connectivity index (χ0) is 23.9. The van der Waals surface area contributed by atoms with Crippen molar-refractivity contribution in [3.05, 3.63) is 69.8 Å². The Hall–Kier alpha value is -3.20. The molecule has 34 heavy (non-hydrogen) atoms. The molecule has 0 saturated carbocycles. The molecule has 174 valence electrons. The summed E-state index contributed by atoms with van der Waals surface area (Å²) in [5, 5.41) is 15.6. The Morgan fingerprint density at radius 2 is 1.88 bits per heavy atom. The predicted octanol–water partition coefficient (Wildman–Crippen LogP) is 3.30. The molecule has 1 aromatic carbocycles. The third-order valence-electron chi connectivity index (χ3n) is 6.24. The first-order valence-electron chi connectivity index (χ1n) is 11.2. The van der Waals surface area contributed by atoms with E-state index in [4.69, 9.17) is 11.6 Å². The molecule has 1 fully saturated rings. The fourth-order valence-electron chi connectivity index (χ4n) is 4.42. The number of aliphatic hydroxyl groups is 1. The van der Waals surface area contributed by atoms with E-state index in [1.54, 1.807) is 42.2 Å². The molecule has 5 rings (SSSR count). The van der Waals surface area contributed by atoms with Crippen LogP contribution in [0.5, 0.6) is 0 Å². The molecular weight excluding hydrogens is 452 g/mol. The number of aryl methyl sites for hydroxylation is 2. The Bertz CT molecular complexity index is 1450. The number of nitrogens with zero attached hydrogens (tertiary/aromatic N) is 5. The molecule has 9 heteroatoms. The van der Waals surface area contributed by atoms with Crippen molar-refractivity contribution in [2.75, 3.05) is 13.1 Å². The molecule has 0 amide bonds. The maximum atomic E-state index is 13.8. The number of fused-ring (bicyclic) bond motifs is 1. The van der Waals surface area contributed by atoms with E-state index in [1.165, 1.54) is 0 Å². The molecule has 1 aliphatic rings. The van der Waals surface area contributed by atoms with Crippen molar-refractivity contribution in [1.29, 1.82) is 0 Å². The molecule has 4 aromatic rings. The van der Waals surface area contributed by atoms with Crippen molar-refractivity contribution in [2.45, 2.75) is 38.8 Å². The van der Waals surface area contributed by atoms with Gasteiger partial charge in [0.15, 0.2) is 0 Å². The summed E-state index contributed by atoms with van der Waals surface area (Å²) in [5.74, 6) is 0.562. The van der Waals surface area contributed by atoms with Gasteiger partial charge in [0.2, 0.25) is 0 Å². The highest BCUT2D eigenvalue weighted by Gasteiger charge is 2.31. The number of hydrogen-bond donors (Lipinski definition) is 2. The summed E-state index contributed by atoms with van der Waals surface area (Å²) in [5.41, 5.74) is 2.64.